The first-order chi connectivity index (χ1) is 7.72. The summed E-state index contributed by atoms with van der Waals surface area (Å²) in [5.41, 5.74) is 0.678. The Kier molecular flexibility index (Phi) is 5.67. The van der Waals surface area contributed by atoms with Crippen molar-refractivity contribution in [3.05, 3.63) is 29.3 Å². The number of amides is 2. The maximum atomic E-state index is 11.4. The first-order valence-electron chi connectivity index (χ1n) is 5.01. The second kappa shape index (κ2) is 7.09. The number of ether oxygens (including phenoxy) is 1. The molecule has 0 bridgehead atoms. The molecule has 0 saturated heterocycles. The smallest absolute Gasteiger partial charge is 0.319 e. The summed E-state index contributed by atoms with van der Waals surface area (Å²) in [6, 6.07) is 6.77. The maximum absolute atomic E-state index is 11.4. The molecule has 0 fully saturated rings. The van der Waals surface area contributed by atoms with Gasteiger partial charge in [-0.25, -0.2) is 4.79 Å². The molecule has 0 unspecified atom stereocenters. The van der Waals surface area contributed by atoms with Crippen LogP contribution in [0.25, 0.3) is 0 Å². The number of hydrogen-bond acceptors (Lipinski definition) is 2. The third-order valence-electron chi connectivity index (χ3n) is 1.89. The van der Waals surface area contributed by atoms with Crippen LogP contribution in [0.1, 0.15) is 6.42 Å². The van der Waals surface area contributed by atoms with Crippen molar-refractivity contribution in [2.75, 3.05) is 25.6 Å². The predicted octanol–water partition coefficient (Wildman–Crippen LogP) is 2.50. The second-order valence-electron chi connectivity index (χ2n) is 3.24. The fraction of sp³-hybridized carbons (Fsp3) is 0.364. The van der Waals surface area contributed by atoms with Gasteiger partial charge in [0.1, 0.15) is 0 Å². The highest BCUT2D eigenvalue weighted by Crippen LogP contribution is 2.14. The molecule has 2 N–H and O–H groups in total. The minimum absolute atomic E-state index is 0.238. The van der Waals surface area contributed by atoms with Crippen LogP contribution in [0.2, 0.25) is 5.02 Å². The van der Waals surface area contributed by atoms with Gasteiger partial charge in [-0.1, -0.05) is 17.7 Å². The predicted molar refractivity (Wildman–Crippen MR) is 65.0 cm³/mol. The van der Waals surface area contributed by atoms with Crippen molar-refractivity contribution in [1.29, 1.82) is 0 Å². The molecule has 0 atom stereocenters. The molecule has 0 heterocycles. The molecule has 0 saturated carbocycles. The van der Waals surface area contributed by atoms with E-state index in [1.807, 2.05) is 0 Å². The van der Waals surface area contributed by atoms with Gasteiger partial charge in [-0.15, -0.1) is 0 Å². The standard InChI is InChI=1S/C11H15ClN2O2/c1-16-7-3-6-13-11(15)14-10-5-2-4-9(12)8-10/h2,4-5,8H,3,6-7H2,1H3,(H2,13,14,15). The summed E-state index contributed by atoms with van der Waals surface area (Å²) in [4.78, 5) is 11.4. The number of rotatable bonds is 5. The molecule has 1 aromatic rings. The van der Waals surface area contributed by atoms with E-state index in [1.165, 1.54) is 0 Å². The number of urea groups is 1. The van der Waals surface area contributed by atoms with Gasteiger partial charge in [-0.05, 0) is 24.6 Å². The Balaban J connectivity index is 2.29. The van der Waals surface area contributed by atoms with Crippen molar-refractivity contribution in [2.24, 2.45) is 0 Å². The molecule has 5 heteroatoms. The first-order valence-corrected chi connectivity index (χ1v) is 5.39. The molecular formula is C11H15ClN2O2. The summed E-state index contributed by atoms with van der Waals surface area (Å²) in [7, 11) is 1.63. The number of hydrogen-bond donors (Lipinski definition) is 2. The van der Waals surface area contributed by atoms with E-state index < -0.39 is 0 Å². The van der Waals surface area contributed by atoms with Crippen LogP contribution in [0, 0.1) is 0 Å². The van der Waals surface area contributed by atoms with Gasteiger partial charge in [-0.3, -0.25) is 0 Å². The van der Waals surface area contributed by atoms with E-state index in [1.54, 1.807) is 31.4 Å². The quantitative estimate of drug-likeness (QED) is 0.780. The van der Waals surface area contributed by atoms with Crippen LogP contribution in [0.4, 0.5) is 10.5 Å². The third kappa shape index (κ3) is 5.00. The number of nitrogens with one attached hydrogen (secondary N) is 2. The largest absolute Gasteiger partial charge is 0.385 e. The average molecular weight is 243 g/mol. The number of carbonyl (C=O) groups is 1. The van der Waals surface area contributed by atoms with Crippen LogP contribution in [-0.4, -0.2) is 26.3 Å². The zero-order valence-electron chi connectivity index (χ0n) is 9.13. The molecule has 0 aliphatic heterocycles. The van der Waals surface area contributed by atoms with Crippen molar-refractivity contribution in [3.8, 4) is 0 Å². The summed E-state index contributed by atoms with van der Waals surface area (Å²) in [6.45, 7) is 1.22. The Morgan fingerprint density at radius 3 is 3.00 bits per heavy atom. The van der Waals surface area contributed by atoms with E-state index in [0.717, 1.165) is 6.42 Å². The molecule has 0 aliphatic rings. The van der Waals surface area contributed by atoms with E-state index in [-0.39, 0.29) is 6.03 Å². The van der Waals surface area contributed by atoms with Crippen molar-refractivity contribution in [2.45, 2.75) is 6.42 Å². The number of anilines is 1. The van der Waals surface area contributed by atoms with Gasteiger partial charge in [0.25, 0.3) is 0 Å². The van der Waals surface area contributed by atoms with Gasteiger partial charge in [0, 0.05) is 31.0 Å². The topological polar surface area (TPSA) is 50.4 Å². The molecule has 88 valence electrons. The highest BCUT2D eigenvalue weighted by molar-refractivity contribution is 6.30. The molecule has 0 aromatic heterocycles. The molecule has 4 nitrogen and oxygen atoms in total. The molecule has 0 radical (unpaired) electrons. The van der Waals surface area contributed by atoms with Gasteiger partial charge in [0.05, 0.1) is 0 Å². The van der Waals surface area contributed by atoms with E-state index >= 15 is 0 Å². The van der Waals surface area contributed by atoms with Gasteiger partial charge < -0.3 is 15.4 Å². The van der Waals surface area contributed by atoms with Gasteiger partial charge >= 0.3 is 6.03 Å². The van der Waals surface area contributed by atoms with Gasteiger partial charge in [0.2, 0.25) is 0 Å². The maximum Gasteiger partial charge on any atom is 0.319 e. The molecule has 1 aromatic carbocycles. The van der Waals surface area contributed by atoms with E-state index in [0.29, 0.717) is 23.9 Å². The van der Waals surface area contributed by atoms with Crippen molar-refractivity contribution < 1.29 is 9.53 Å². The lowest BCUT2D eigenvalue weighted by atomic mass is 10.3. The zero-order chi connectivity index (χ0) is 11.8. The van der Waals surface area contributed by atoms with Crippen LogP contribution in [0.5, 0.6) is 0 Å². The van der Waals surface area contributed by atoms with Crippen molar-refractivity contribution in [1.82, 2.24) is 5.32 Å². The second-order valence-corrected chi connectivity index (χ2v) is 3.67. The summed E-state index contributed by atoms with van der Waals surface area (Å²) in [5, 5.41) is 5.99. The van der Waals surface area contributed by atoms with E-state index in [9.17, 15) is 4.79 Å². The highest BCUT2D eigenvalue weighted by Gasteiger charge is 2.00. The fourth-order valence-corrected chi connectivity index (χ4v) is 1.35. The molecule has 1 rings (SSSR count). The summed E-state index contributed by atoms with van der Waals surface area (Å²) < 4.78 is 4.87. The number of benzene rings is 1. The van der Waals surface area contributed by atoms with Crippen molar-refractivity contribution >= 4 is 23.3 Å². The zero-order valence-corrected chi connectivity index (χ0v) is 9.88. The Hall–Kier alpha value is -1.26. The molecule has 0 spiro atoms. The lowest BCUT2D eigenvalue weighted by molar-refractivity contribution is 0.194. The normalized spacial score (nSPS) is 9.88. The summed E-state index contributed by atoms with van der Waals surface area (Å²) in [6.07, 6.45) is 0.791. The number of halogens is 1. The summed E-state index contributed by atoms with van der Waals surface area (Å²) >= 11 is 5.79. The molecule has 2 amide bonds. The first kappa shape index (κ1) is 12.8. The third-order valence-corrected chi connectivity index (χ3v) is 2.13. The van der Waals surface area contributed by atoms with Gasteiger partial charge in [-0.2, -0.15) is 0 Å². The minimum Gasteiger partial charge on any atom is -0.385 e. The van der Waals surface area contributed by atoms with Gasteiger partial charge in [0.15, 0.2) is 0 Å². The Morgan fingerprint density at radius 1 is 1.50 bits per heavy atom. The SMILES string of the molecule is COCCCNC(=O)Nc1cccc(Cl)c1. The van der Waals surface area contributed by atoms with Crippen LogP contribution >= 0.6 is 11.6 Å². The van der Waals surface area contributed by atoms with Crippen LogP contribution in [0.3, 0.4) is 0 Å². The molecule has 16 heavy (non-hydrogen) atoms. The monoisotopic (exact) mass is 242 g/mol. The number of carbonyl (C=O) groups excluding carboxylic acids is 1. The fourth-order valence-electron chi connectivity index (χ4n) is 1.16. The van der Waals surface area contributed by atoms with Crippen molar-refractivity contribution in [3.63, 3.8) is 0 Å². The number of methoxy groups -OCH3 is 1. The lowest BCUT2D eigenvalue weighted by Crippen LogP contribution is -2.29. The van der Waals surface area contributed by atoms with E-state index in [4.69, 9.17) is 16.3 Å². The van der Waals surface area contributed by atoms with Crippen LogP contribution < -0.4 is 10.6 Å². The molecule has 0 aliphatic carbocycles. The van der Waals surface area contributed by atoms with Crippen LogP contribution in [-0.2, 0) is 4.74 Å². The Morgan fingerprint density at radius 2 is 2.31 bits per heavy atom. The summed E-state index contributed by atoms with van der Waals surface area (Å²) in [5.74, 6) is 0. The van der Waals surface area contributed by atoms with E-state index in [2.05, 4.69) is 10.6 Å². The molecular weight excluding hydrogens is 228 g/mol. The Bertz CT molecular complexity index is 345. The Labute approximate surface area is 99.9 Å². The van der Waals surface area contributed by atoms with Crippen LogP contribution in [0.15, 0.2) is 24.3 Å². The minimum atomic E-state index is -0.238. The lowest BCUT2D eigenvalue weighted by Gasteiger charge is -2.07. The highest BCUT2D eigenvalue weighted by atomic mass is 35.5. The average Bonchev–Trinajstić information content (AvgIpc) is 2.24.